The van der Waals surface area contributed by atoms with E-state index >= 15 is 0 Å². The van der Waals surface area contributed by atoms with Crippen molar-refractivity contribution in [2.24, 2.45) is 0 Å². The van der Waals surface area contributed by atoms with E-state index in [1.54, 1.807) is 47.7 Å². The van der Waals surface area contributed by atoms with E-state index in [1.807, 2.05) is 41.8 Å². The number of methoxy groups -OCH3 is 1. The molecule has 39 heavy (non-hydrogen) atoms. The molecule has 1 aliphatic rings. The first-order chi connectivity index (χ1) is 19.0. The minimum Gasteiger partial charge on any atom is -0.497 e. The fraction of sp³-hybridized carbons (Fsp3) is 0.400. The van der Waals surface area contributed by atoms with Crippen molar-refractivity contribution in [1.82, 2.24) is 15.2 Å². The molecule has 1 fully saturated rings. The zero-order chi connectivity index (χ0) is 27.5. The highest BCUT2D eigenvalue weighted by molar-refractivity contribution is 7.09. The lowest BCUT2D eigenvalue weighted by molar-refractivity contribution is -0.142. The van der Waals surface area contributed by atoms with E-state index in [9.17, 15) is 14.4 Å². The van der Waals surface area contributed by atoms with Crippen LogP contribution in [0.4, 0.5) is 5.82 Å². The van der Waals surface area contributed by atoms with Crippen molar-refractivity contribution >= 4 is 34.9 Å². The van der Waals surface area contributed by atoms with E-state index < -0.39 is 6.04 Å². The number of rotatable bonds is 12. The Bertz CT molecular complexity index is 1200. The molecule has 1 aliphatic carbocycles. The molecule has 3 aromatic rings. The second-order valence-corrected chi connectivity index (χ2v) is 10.8. The van der Waals surface area contributed by atoms with E-state index in [-0.39, 0.29) is 36.6 Å². The molecule has 8 nitrogen and oxygen atoms in total. The van der Waals surface area contributed by atoms with Crippen molar-refractivity contribution in [2.75, 3.05) is 12.4 Å². The first kappa shape index (κ1) is 28.3. The summed E-state index contributed by atoms with van der Waals surface area (Å²) < 4.78 is 5.32. The van der Waals surface area contributed by atoms with Gasteiger partial charge in [-0.25, -0.2) is 4.98 Å². The summed E-state index contributed by atoms with van der Waals surface area (Å²) in [5.41, 5.74) is 0.724. The quantitative estimate of drug-likeness (QED) is 0.312. The highest BCUT2D eigenvalue weighted by atomic mass is 32.1. The minimum absolute atomic E-state index is 0.112. The van der Waals surface area contributed by atoms with Gasteiger partial charge in [-0.3, -0.25) is 14.4 Å². The van der Waals surface area contributed by atoms with Crippen LogP contribution in [0.25, 0.3) is 0 Å². The van der Waals surface area contributed by atoms with Crippen LogP contribution in [0.2, 0.25) is 0 Å². The average Bonchev–Trinajstić information content (AvgIpc) is 3.47. The second kappa shape index (κ2) is 14.4. The Morgan fingerprint density at radius 3 is 2.49 bits per heavy atom. The Kier molecular flexibility index (Phi) is 10.5. The first-order valence-electron chi connectivity index (χ1n) is 13.5. The fourth-order valence-corrected chi connectivity index (χ4v) is 5.57. The molecule has 0 unspecified atom stereocenters. The molecule has 2 N–H and O–H groups in total. The van der Waals surface area contributed by atoms with Crippen LogP contribution in [0.1, 0.15) is 67.8 Å². The number of ether oxygens (including phenoxy) is 1. The number of benzene rings is 1. The van der Waals surface area contributed by atoms with Gasteiger partial charge < -0.3 is 20.3 Å². The molecule has 0 saturated heterocycles. The SMILES string of the molecule is COc1ccc([C@@H](C(=O)NC2CCCCC2)N(Cc2cccs2)C(=O)CCCC(=O)Nc2ccccn2)cc1. The van der Waals surface area contributed by atoms with Crippen LogP contribution in [0.15, 0.2) is 66.2 Å². The molecule has 1 saturated carbocycles. The Hall–Kier alpha value is -3.72. The predicted octanol–water partition coefficient (Wildman–Crippen LogP) is 5.48. The number of nitrogens with one attached hydrogen (secondary N) is 2. The predicted molar refractivity (Wildman–Crippen MR) is 152 cm³/mol. The molecule has 0 bridgehead atoms. The largest absolute Gasteiger partial charge is 0.497 e. The van der Waals surface area contributed by atoms with Crippen LogP contribution in [0.5, 0.6) is 5.75 Å². The standard InChI is InChI=1S/C30H36N4O4S/c1-38-24-17-15-22(16-18-24)29(30(37)32-23-9-3-2-4-10-23)34(21-25-11-8-20-39-25)28(36)14-7-13-27(35)33-26-12-5-6-19-31-26/h5-6,8,11-12,15-20,23,29H,2-4,7,9-10,13-14,21H2,1H3,(H,32,37)(H,31,33,35)/t29-/m0/s1. The second-order valence-electron chi connectivity index (χ2n) is 9.74. The van der Waals surface area contributed by atoms with E-state index in [0.29, 0.717) is 24.5 Å². The van der Waals surface area contributed by atoms with Gasteiger partial charge in [-0.15, -0.1) is 11.3 Å². The number of carbonyl (C=O) groups is 3. The number of nitrogens with zero attached hydrogens (tertiary/aromatic N) is 2. The van der Waals surface area contributed by atoms with Gasteiger partial charge in [0, 0.05) is 30.0 Å². The highest BCUT2D eigenvalue weighted by Crippen LogP contribution is 2.29. The number of hydrogen-bond acceptors (Lipinski definition) is 6. The number of aromatic nitrogens is 1. The van der Waals surface area contributed by atoms with Gasteiger partial charge in [-0.05, 0) is 60.5 Å². The Morgan fingerprint density at radius 2 is 1.82 bits per heavy atom. The summed E-state index contributed by atoms with van der Waals surface area (Å²) in [5.74, 6) is 0.610. The molecule has 2 aromatic heterocycles. The summed E-state index contributed by atoms with van der Waals surface area (Å²) in [6.07, 6.45) is 7.56. The third kappa shape index (κ3) is 8.38. The molecule has 1 aromatic carbocycles. The normalized spacial score (nSPS) is 14.3. The van der Waals surface area contributed by atoms with Crippen LogP contribution in [-0.2, 0) is 20.9 Å². The van der Waals surface area contributed by atoms with Gasteiger partial charge in [0.1, 0.15) is 17.6 Å². The summed E-state index contributed by atoms with van der Waals surface area (Å²) >= 11 is 1.55. The molecule has 0 aliphatic heterocycles. The van der Waals surface area contributed by atoms with Crippen LogP contribution in [-0.4, -0.2) is 40.8 Å². The number of anilines is 1. The molecule has 206 valence electrons. The maximum Gasteiger partial charge on any atom is 0.247 e. The molecule has 0 radical (unpaired) electrons. The van der Waals surface area contributed by atoms with Crippen molar-refractivity contribution in [2.45, 2.75) is 70.0 Å². The maximum absolute atomic E-state index is 13.8. The highest BCUT2D eigenvalue weighted by Gasteiger charge is 2.33. The number of amides is 3. The van der Waals surface area contributed by atoms with Crippen LogP contribution >= 0.6 is 11.3 Å². The number of thiophene rings is 1. The lowest BCUT2D eigenvalue weighted by atomic mass is 9.94. The van der Waals surface area contributed by atoms with Gasteiger partial charge in [0.2, 0.25) is 17.7 Å². The molecule has 2 heterocycles. The van der Waals surface area contributed by atoms with E-state index in [0.717, 1.165) is 36.1 Å². The zero-order valence-corrected chi connectivity index (χ0v) is 23.1. The van der Waals surface area contributed by atoms with Gasteiger partial charge >= 0.3 is 0 Å². The maximum atomic E-state index is 13.8. The molecule has 9 heteroatoms. The fourth-order valence-electron chi connectivity index (χ4n) is 4.87. The van der Waals surface area contributed by atoms with Gasteiger partial charge in [0.05, 0.1) is 13.7 Å². The topological polar surface area (TPSA) is 101 Å². The summed E-state index contributed by atoms with van der Waals surface area (Å²) in [7, 11) is 1.60. The molecule has 1 atom stereocenters. The molecule has 4 rings (SSSR count). The summed E-state index contributed by atoms with van der Waals surface area (Å²) in [5, 5.41) is 7.95. The van der Waals surface area contributed by atoms with Crippen molar-refractivity contribution in [3.05, 3.63) is 76.6 Å². The third-order valence-corrected chi connectivity index (χ3v) is 7.76. The molecule has 3 amide bonds. The van der Waals surface area contributed by atoms with Crippen LogP contribution in [0, 0.1) is 0 Å². The zero-order valence-electron chi connectivity index (χ0n) is 22.3. The van der Waals surface area contributed by atoms with E-state index in [4.69, 9.17) is 4.74 Å². The average molecular weight is 549 g/mol. The lowest BCUT2D eigenvalue weighted by Gasteiger charge is -2.33. The summed E-state index contributed by atoms with van der Waals surface area (Å²) in [6.45, 7) is 0.311. The first-order valence-corrected chi connectivity index (χ1v) is 14.4. The Labute approximate surface area is 233 Å². The van der Waals surface area contributed by atoms with Crippen molar-refractivity contribution in [3.63, 3.8) is 0 Å². The van der Waals surface area contributed by atoms with Gasteiger partial charge in [0.15, 0.2) is 0 Å². The van der Waals surface area contributed by atoms with Gasteiger partial charge in [-0.2, -0.15) is 0 Å². The Balaban J connectivity index is 1.52. The van der Waals surface area contributed by atoms with Crippen LogP contribution < -0.4 is 15.4 Å². The number of carbonyl (C=O) groups excluding carboxylic acids is 3. The summed E-state index contributed by atoms with van der Waals surface area (Å²) in [6, 6.07) is 15.8. The van der Waals surface area contributed by atoms with Crippen molar-refractivity contribution < 1.29 is 19.1 Å². The van der Waals surface area contributed by atoms with Crippen molar-refractivity contribution in [1.29, 1.82) is 0 Å². The van der Waals surface area contributed by atoms with Gasteiger partial charge in [-0.1, -0.05) is 43.5 Å². The van der Waals surface area contributed by atoms with Crippen LogP contribution in [0.3, 0.4) is 0 Å². The number of pyridine rings is 1. The molecule has 0 spiro atoms. The molecular formula is C30H36N4O4S. The monoisotopic (exact) mass is 548 g/mol. The van der Waals surface area contributed by atoms with E-state index in [2.05, 4.69) is 15.6 Å². The van der Waals surface area contributed by atoms with Crippen molar-refractivity contribution in [3.8, 4) is 5.75 Å². The summed E-state index contributed by atoms with van der Waals surface area (Å²) in [4.78, 5) is 46.7. The Morgan fingerprint density at radius 1 is 1.03 bits per heavy atom. The third-order valence-electron chi connectivity index (χ3n) is 6.90. The van der Waals surface area contributed by atoms with Gasteiger partial charge in [0.25, 0.3) is 0 Å². The minimum atomic E-state index is -0.797. The number of hydrogen-bond donors (Lipinski definition) is 2. The smallest absolute Gasteiger partial charge is 0.247 e. The lowest BCUT2D eigenvalue weighted by Crippen LogP contribution is -2.46. The molecular weight excluding hydrogens is 512 g/mol. The van der Waals surface area contributed by atoms with E-state index in [1.165, 1.54) is 6.42 Å².